The molecule has 0 saturated heterocycles. The third-order valence-corrected chi connectivity index (χ3v) is 1.49. The van der Waals surface area contributed by atoms with Gasteiger partial charge in [-0.15, -0.1) is 0 Å². The van der Waals surface area contributed by atoms with Gasteiger partial charge in [0.2, 0.25) is 0 Å². The second-order valence-electron chi connectivity index (χ2n) is 0.915. The third-order valence-electron chi connectivity index (χ3n) is 0.425. The number of alkyl halides is 1. The summed E-state index contributed by atoms with van der Waals surface area (Å²) in [6.45, 7) is 1.88. The van der Waals surface area contributed by atoms with Gasteiger partial charge in [-0.2, -0.15) is 0 Å². The molecule has 1 nitrogen and oxygen atoms in total. The maximum atomic E-state index is 9.65. The molecule has 0 aromatic rings. The molecule has 3 heteroatoms. The molecule has 0 N–H and O–H groups in total. The normalized spacial score (nSPS) is 13.7. The van der Waals surface area contributed by atoms with Gasteiger partial charge in [-0.3, -0.25) is 0 Å². The average molecular weight is 126 g/mol. The van der Waals surface area contributed by atoms with E-state index in [1.54, 1.807) is 0 Å². The number of hydrogen-bond donors (Lipinski definition) is 0. The summed E-state index contributed by atoms with van der Waals surface area (Å²) in [6, 6.07) is 0. The predicted octanol–water partition coefficient (Wildman–Crippen LogP) is 1.39. The van der Waals surface area contributed by atoms with Crippen LogP contribution in [0.2, 0.25) is 0 Å². The molecule has 1 unspecified atom stereocenters. The van der Waals surface area contributed by atoms with Crippen molar-refractivity contribution in [1.82, 2.24) is 0 Å². The van der Waals surface area contributed by atoms with Crippen molar-refractivity contribution < 1.29 is 4.21 Å². The highest BCUT2D eigenvalue weighted by Gasteiger charge is 2.11. The van der Waals surface area contributed by atoms with Crippen molar-refractivity contribution in [2.75, 3.05) is 0 Å². The molecule has 0 radical (unpaired) electrons. The standard InChI is InChI=1S/C3H6ClOS/c1-2-3(4)6-5/h3H,2H2,1H3/q+1. The summed E-state index contributed by atoms with van der Waals surface area (Å²) >= 11 is 5.74. The zero-order valence-electron chi connectivity index (χ0n) is 3.48. The monoisotopic (exact) mass is 125 g/mol. The minimum Gasteiger partial charge on any atom is -0.0585 e. The number of hydrogen-bond acceptors (Lipinski definition) is 1. The van der Waals surface area contributed by atoms with Gasteiger partial charge in [0.15, 0.2) is 0 Å². The molecule has 1 atom stereocenters. The average Bonchev–Trinajstić information content (AvgIpc) is 1.65. The summed E-state index contributed by atoms with van der Waals surface area (Å²) in [5.41, 5.74) is 0. The van der Waals surface area contributed by atoms with Gasteiger partial charge in [-0.1, -0.05) is 6.92 Å². The topological polar surface area (TPSA) is 17.1 Å². The van der Waals surface area contributed by atoms with Gasteiger partial charge in [0.25, 0.3) is 0 Å². The van der Waals surface area contributed by atoms with Gasteiger partial charge >= 0.3 is 16.4 Å². The van der Waals surface area contributed by atoms with E-state index in [4.69, 9.17) is 11.6 Å². The largest absolute Gasteiger partial charge is 0.479 e. The summed E-state index contributed by atoms with van der Waals surface area (Å²) in [5.74, 6) is 0. The van der Waals surface area contributed by atoms with Gasteiger partial charge in [0, 0.05) is 10.6 Å². The first kappa shape index (κ1) is 6.31. The Hall–Kier alpha value is 0.310. The first-order valence-electron chi connectivity index (χ1n) is 1.74. The Morgan fingerprint density at radius 3 is 2.50 bits per heavy atom. The Morgan fingerprint density at radius 2 is 2.50 bits per heavy atom. The molecule has 6 heavy (non-hydrogen) atoms. The highest BCUT2D eigenvalue weighted by molar-refractivity contribution is 7.68. The Balaban J connectivity index is 2.96. The zero-order chi connectivity index (χ0) is 4.99. The number of rotatable bonds is 2. The van der Waals surface area contributed by atoms with E-state index >= 15 is 0 Å². The fourth-order valence-electron chi connectivity index (χ4n) is 0.0680. The van der Waals surface area contributed by atoms with E-state index in [0.29, 0.717) is 11.7 Å². The van der Waals surface area contributed by atoms with Gasteiger partial charge in [0.05, 0.1) is 0 Å². The Morgan fingerprint density at radius 1 is 2.00 bits per heavy atom. The Kier molecular flexibility index (Phi) is 3.68. The van der Waals surface area contributed by atoms with E-state index in [2.05, 4.69) is 0 Å². The van der Waals surface area contributed by atoms with Crippen LogP contribution < -0.4 is 0 Å². The third kappa shape index (κ3) is 2.54. The lowest BCUT2D eigenvalue weighted by atomic mass is 10.6. The molecule has 0 rings (SSSR count). The second-order valence-corrected chi connectivity index (χ2v) is 2.46. The van der Waals surface area contributed by atoms with E-state index in [0.717, 1.165) is 6.42 Å². The summed E-state index contributed by atoms with van der Waals surface area (Å²) in [5, 5.41) is 0. The maximum absolute atomic E-state index is 9.65. The van der Waals surface area contributed by atoms with E-state index in [1.807, 2.05) is 6.92 Å². The zero-order valence-corrected chi connectivity index (χ0v) is 5.05. The molecule has 0 amide bonds. The SMILES string of the molecule is CCC(Cl)[S+]=O. The van der Waals surface area contributed by atoms with Gasteiger partial charge in [-0.25, -0.2) is 0 Å². The van der Waals surface area contributed by atoms with Crippen molar-refractivity contribution in [2.45, 2.75) is 18.1 Å². The van der Waals surface area contributed by atoms with Crippen LogP contribution in [0.1, 0.15) is 13.3 Å². The van der Waals surface area contributed by atoms with Crippen molar-refractivity contribution in [2.24, 2.45) is 0 Å². The Labute approximate surface area is 46.2 Å². The fourth-order valence-corrected chi connectivity index (χ4v) is 0.204. The van der Waals surface area contributed by atoms with Crippen molar-refractivity contribution in [3.05, 3.63) is 0 Å². The molecule has 0 fully saturated rings. The molecular formula is C3H6ClOS+. The summed E-state index contributed by atoms with van der Waals surface area (Å²) < 4.78 is 9.41. The van der Waals surface area contributed by atoms with Crippen LogP contribution >= 0.6 is 11.6 Å². The van der Waals surface area contributed by atoms with E-state index in [9.17, 15) is 4.21 Å². The van der Waals surface area contributed by atoms with Crippen LogP contribution in [0.3, 0.4) is 0 Å². The van der Waals surface area contributed by atoms with E-state index in [1.165, 1.54) is 0 Å². The van der Waals surface area contributed by atoms with Gasteiger partial charge in [-0.05, 0) is 11.6 Å². The van der Waals surface area contributed by atoms with Crippen LogP contribution in [0.25, 0.3) is 0 Å². The lowest BCUT2D eigenvalue weighted by Crippen LogP contribution is -1.88. The van der Waals surface area contributed by atoms with Crippen molar-refractivity contribution in [3.8, 4) is 0 Å². The molecule has 0 saturated carbocycles. The van der Waals surface area contributed by atoms with Crippen LogP contribution in [0.15, 0.2) is 0 Å². The second kappa shape index (κ2) is 3.50. The molecule has 0 heterocycles. The van der Waals surface area contributed by atoms with Crippen LogP contribution in [0.4, 0.5) is 0 Å². The fraction of sp³-hybridized carbons (Fsp3) is 1.00. The highest BCUT2D eigenvalue weighted by Crippen LogP contribution is 1.96. The van der Waals surface area contributed by atoms with Gasteiger partial charge in [0.1, 0.15) is 0 Å². The van der Waals surface area contributed by atoms with Crippen molar-refractivity contribution in [3.63, 3.8) is 0 Å². The van der Waals surface area contributed by atoms with Crippen LogP contribution in [0.5, 0.6) is 0 Å². The Bertz CT molecular complexity index is 48.1. The quantitative estimate of drug-likeness (QED) is 0.403. The molecule has 0 bridgehead atoms. The van der Waals surface area contributed by atoms with Gasteiger partial charge < -0.3 is 0 Å². The van der Waals surface area contributed by atoms with Crippen LogP contribution in [-0.4, -0.2) is 4.71 Å². The van der Waals surface area contributed by atoms with Crippen LogP contribution in [-0.2, 0) is 15.9 Å². The first-order chi connectivity index (χ1) is 2.81. The molecule has 0 aromatic carbocycles. The number of halogens is 1. The lowest BCUT2D eigenvalue weighted by Gasteiger charge is -1.71. The van der Waals surface area contributed by atoms with Crippen molar-refractivity contribution >= 4 is 23.3 Å². The lowest BCUT2D eigenvalue weighted by molar-refractivity contribution is 0.602. The summed E-state index contributed by atoms with van der Waals surface area (Å²) in [6.07, 6.45) is 0.746. The van der Waals surface area contributed by atoms with E-state index in [-0.39, 0.29) is 4.71 Å². The van der Waals surface area contributed by atoms with E-state index < -0.39 is 0 Å². The van der Waals surface area contributed by atoms with Crippen LogP contribution in [0, 0.1) is 0 Å². The minimum absolute atomic E-state index is 0.231. The molecule has 0 aliphatic carbocycles. The summed E-state index contributed by atoms with van der Waals surface area (Å²) in [4.78, 5) is 0. The predicted molar refractivity (Wildman–Crippen MR) is 28.0 cm³/mol. The molecule has 36 valence electrons. The smallest absolute Gasteiger partial charge is 0.0585 e. The highest BCUT2D eigenvalue weighted by atomic mass is 35.5. The minimum atomic E-state index is -0.231. The molecule has 0 aliphatic rings. The first-order valence-corrected chi connectivity index (χ1v) is 2.98. The summed E-state index contributed by atoms with van der Waals surface area (Å²) in [7, 11) is 0. The molecule has 0 spiro atoms. The molecule has 0 aromatic heterocycles. The molecule has 0 aliphatic heterocycles. The maximum Gasteiger partial charge on any atom is 0.479 e. The molecular weight excluding hydrogens is 120 g/mol. The van der Waals surface area contributed by atoms with Crippen molar-refractivity contribution in [1.29, 1.82) is 0 Å².